The van der Waals surface area contributed by atoms with Gasteiger partial charge in [0.05, 0.1) is 6.61 Å². The molecule has 0 heterocycles. The third kappa shape index (κ3) is 3.92. The van der Waals surface area contributed by atoms with E-state index in [4.69, 9.17) is 4.74 Å². The third-order valence-corrected chi connectivity index (χ3v) is 2.82. The van der Waals surface area contributed by atoms with E-state index in [1.54, 1.807) is 0 Å². The van der Waals surface area contributed by atoms with Crippen molar-refractivity contribution in [3.8, 4) is 0 Å². The minimum Gasteiger partial charge on any atom is -0.466 e. The average Bonchev–Trinajstić information content (AvgIpc) is 2.18. The van der Waals surface area contributed by atoms with E-state index in [2.05, 4.69) is 15.9 Å². The number of esters is 1. The zero-order chi connectivity index (χ0) is 10.4. The monoisotopic (exact) mass is 256 g/mol. The number of rotatable bonds is 4. The Kier molecular flexibility index (Phi) is 4.66. The summed E-state index contributed by atoms with van der Waals surface area (Å²) in [7, 11) is 0. The van der Waals surface area contributed by atoms with E-state index < -0.39 is 0 Å². The molecule has 0 aliphatic carbocycles. The van der Waals surface area contributed by atoms with Gasteiger partial charge in [0.25, 0.3) is 0 Å². The predicted octanol–water partition coefficient (Wildman–Crippen LogP) is 3.08. The molecule has 0 saturated heterocycles. The van der Waals surface area contributed by atoms with Gasteiger partial charge in [-0.05, 0) is 12.0 Å². The van der Waals surface area contributed by atoms with Crippen molar-refractivity contribution in [2.75, 3.05) is 6.61 Å². The van der Waals surface area contributed by atoms with Crippen LogP contribution in [0.1, 0.15) is 23.7 Å². The summed E-state index contributed by atoms with van der Waals surface area (Å²) in [4.78, 5) is 10.8. The van der Waals surface area contributed by atoms with Gasteiger partial charge in [-0.3, -0.25) is 4.79 Å². The summed E-state index contributed by atoms with van der Waals surface area (Å²) in [6, 6.07) is 10.1. The maximum absolute atomic E-state index is 10.5. The van der Waals surface area contributed by atoms with E-state index in [1.807, 2.05) is 30.3 Å². The highest BCUT2D eigenvalue weighted by molar-refractivity contribution is 9.09. The van der Waals surface area contributed by atoms with E-state index in [0.29, 0.717) is 6.61 Å². The van der Waals surface area contributed by atoms with Gasteiger partial charge < -0.3 is 4.74 Å². The van der Waals surface area contributed by atoms with E-state index in [-0.39, 0.29) is 10.8 Å². The van der Waals surface area contributed by atoms with Crippen LogP contribution in [0, 0.1) is 0 Å². The average molecular weight is 257 g/mol. The maximum atomic E-state index is 10.5. The Morgan fingerprint density at radius 1 is 1.43 bits per heavy atom. The summed E-state index contributed by atoms with van der Waals surface area (Å²) < 4.78 is 4.87. The Labute approximate surface area is 92.4 Å². The minimum atomic E-state index is -0.224. The molecule has 0 radical (unpaired) electrons. The fraction of sp³-hybridized carbons (Fsp3) is 0.364. The molecule has 76 valence electrons. The summed E-state index contributed by atoms with van der Waals surface area (Å²) in [5.74, 6) is -0.224. The quantitative estimate of drug-likeness (QED) is 0.612. The highest BCUT2D eigenvalue weighted by Crippen LogP contribution is 2.25. The molecule has 3 heteroatoms. The lowest BCUT2D eigenvalue weighted by Gasteiger charge is -2.09. The standard InChI is InChI=1S/C11H13BrO2/c1-9(13)14-8-7-11(12)10-5-3-2-4-6-10/h2-6,11H,7-8H2,1H3/t11-/m0/s1. The lowest BCUT2D eigenvalue weighted by Crippen LogP contribution is -2.03. The summed E-state index contributed by atoms with van der Waals surface area (Å²) in [5, 5.41) is 0. The highest BCUT2D eigenvalue weighted by atomic mass is 79.9. The van der Waals surface area contributed by atoms with Crippen LogP contribution in [0.4, 0.5) is 0 Å². The summed E-state index contributed by atoms with van der Waals surface area (Å²) in [6.45, 7) is 1.88. The molecule has 0 unspecified atom stereocenters. The van der Waals surface area contributed by atoms with Gasteiger partial charge >= 0.3 is 5.97 Å². The number of hydrogen-bond acceptors (Lipinski definition) is 2. The van der Waals surface area contributed by atoms with Crippen LogP contribution in [0.2, 0.25) is 0 Å². The summed E-state index contributed by atoms with van der Waals surface area (Å²) in [5.41, 5.74) is 1.21. The van der Waals surface area contributed by atoms with Gasteiger partial charge in [-0.1, -0.05) is 46.3 Å². The van der Waals surface area contributed by atoms with Gasteiger partial charge in [0.2, 0.25) is 0 Å². The van der Waals surface area contributed by atoms with Crippen LogP contribution in [0.5, 0.6) is 0 Å². The molecule has 0 saturated carbocycles. The smallest absolute Gasteiger partial charge is 0.302 e. The molecule has 1 aromatic rings. The predicted molar refractivity (Wildman–Crippen MR) is 59.4 cm³/mol. The highest BCUT2D eigenvalue weighted by Gasteiger charge is 2.06. The first-order chi connectivity index (χ1) is 6.70. The van der Waals surface area contributed by atoms with Crippen molar-refractivity contribution in [2.45, 2.75) is 18.2 Å². The van der Waals surface area contributed by atoms with Crippen LogP contribution in [-0.2, 0) is 9.53 Å². The van der Waals surface area contributed by atoms with Crippen molar-refractivity contribution in [1.29, 1.82) is 0 Å². The maximum Gasteiger partial charge on any atom is 0.302 e. The molecule has 2 nitrogen and oxygen atoms in total. The molecule has 14 heavy (non-hydrogen) atoms. The van der Waals surface area contributed by atoms with E-state index in [0.717, 1.165) is 6.42 Å². The van der Waals surface area contributed by atoms with Gasteiger partial charge in [-0.15, -0.1) is 0 Å². The summed E-state index contributed by atoms with van der Waals surface area (Å²) in [6.07, 6.45) is 0.795. The van der Waals surface area contributed by atoms with Gasteiger partial charge in [0, 0.05) is 11.8 Å². The normalized spacial score (nSPS) is 12.1. The van der Waals surface area contributed by atoms with Crippen LogP contribution in [0.25, 0.3) is 0 Å². The first kappa shape index (κ1) is 11.2. The molecule has 0 bridgehead atoms. The lowest BCUT2D eigenvalue weighted by molar-refractivity contribution is -0.141. The van der Waals surface area contributed by atoms with E-state index in [1.165, 1.54) is 12.5 Å². The molecular weight excluding hydrogens is 244 g/mol. The van der Waals surface area contributed by atoms with Crippen molar-refractivity contribution in [1.82, 2.24) is 0 Å². The second-order valence-corrected chi connectivity index (χ2v) is 4.11. The molecule has 0 spiro atoms. The zero-order valence-corrected chi connectivity index (χ0v) is 9.66. The molecule has 1 atom stereocenters. The minimum absolute atomic E-state index is 0.224. The Bertz CT molecular complexity index is 285. The molecular formula is C11H13BrO2. The molecule has 0 N–H and O–H groups in total. The van der Waals surface area contributed by atoms with Crippen molar-refractivity contribution in [3.63, 3.8) is 0 Å². The van der Waals surface area contributed by atoms with Gasteiger partial charge in [0.1, 0.15) is 0 Å². The summed E-state index contributed by atoms with van der Waals surface area (Å²) >= 11 is 3.54. The van der Waals surface area contributed by atoms with Crippen molar-refractivity contribution >= 4 is 21.9 Å². The topological polar surface area (TPSA) is 26.3 Å². The fourth-order valence-electron chi connectivity index (χ4n) is 1.13. The van der Waals surface area contributed by atoms with E-state index >= 15 is 0 Å². The molecule has 0 amide bonds. The van der Waals surface area contributed by atoms with Crippen molar-refractivity contribution < 1.29 is 9.53 Å². The van der Waals surface area contributed by atoms with Crippen molar-refractivity contribution in [3.05, 3.63) is 35.9 Å². The van der Waals surface area contributed by atoms with Crippen LogP contribution in [0.3, 0.4) is 0 Å². The number of halogens is 1. The zero-order valence-electron chi connectivity index (χ0n) is 8.07. The number of carbonyl (C=O) groups excluding carboxylic acids is 1. The Balaban J connectivity index is 2.36. The molecule has 0 fully saturated rings. The van der Waals surface area contributed by atoms with Gasteiger partial charge in [-0.25, -0.2) is 0 Å². The number of hydrogen-bond donors (Lipinski definition) is 0. The molecule has 0 aliphatic rings. The second kappa shape index (κ2) is 5.81. The van der Waals surface area contributed by atoms with Crippen LogP contribution in [0.15, 0.2) is 30.3 Å². The number of carbonyl (C=O) groups is 1. The first-order valence-electron chi connectivity index (χ1n) is 4.52. The first-order valence-corrected chi connectivity index (χ1v) is 5.44. The van der Waals surface area contributed by atoms with Gasteiger partial charge in [0.15, 0.2) is 0 Å². The largest absolute Gasteiger partial charge is 0.466 e. The van der Waals surface area contributed by atoms with Crippen LogP contribution >= 0.6 is 15.9 Å². The molecule has 0 aliphatic heterocycles. The third-order valence-electron chi connectivity index (χ3n) is 1.84. The Morgan fingerprint density at radius 3 is 2.64 bits per heavy atom. The molecule has 1 aromatic carbocycles. The van der Waals surface area contributed by atoms with Crippen LogP contribution in [-0.4, -0.2) is 12.6 Å². The molecule has 0 aromatic heterocycles. The number of ether oxygens (including phenoxy) is 1. The lowest BCUT2D eigenvalue weighted by atomic mass is 10.1. The Hall–Kier alpha value is -0.830. The number of alkyl halides is 1. The molecule has 1 rings (SSSR count). The van der Waals surface area contributed by atoms with Crippen molar-refractivity contribution in [2.24, 2.45) is 0 Å². The second-order valence-electron chi connectivity index (χ2n) is 3.01. The van der Waals surface area contributed by atoms with Gasteiger partial charge in [-0.2, -0.15) is 0 Å². The SMILES string of the molecule is CC(=O)OCC[C@H](Br)c1ccccc1. The number of benzene rings is 1. The van der Waals surface area contributed by atoms with Crippen LogP contribution < -0.4 is 0 Å². The fourth-order valence-corrected chi connectivity index (χ4v) is 1.63. The Morgan fingerprint density at radius 2 is 2.07 bits per heavy atom. The van der Waals surface area contributed by atoms with E-state index in [9.17, 15) is 4.79 Å².